The van der Waals surface area contributed by atoms with Gasteiger partial charge < -0.3 is 20.1 Å². The molecule has 2 atom stereocenters. The Labute approximate surface area is 225 Å². The maximum Gasteiger partial charge on any atom is 0.412 e. The quantitative estimate of drug-likeness (QED) is 0.197. The van der Waals surface area contributed by atoms with Crippen molar-refractivity contribution < 1.29 is 28.2 Å². The molecule has 0 aliphatic heterocycles. The summed E-state index contributed by atoms with van der Waals surface area (Å²) in [7, 11) is 1.55. The van der Waals surface area contributed by atoms with Crippen molar-refractivity contribution in [1.29, 1.82) is 0 Å². The van der Waals surface area contributed by atoms with Crippen molar-refractivity contribution in [3.63, 3.8) is 0 Å². The van der Waals surface area contributed by atoms with Crippen LogP contribution in [0.3, 0.4) is 0 Å². The molecule has 2 aromatic carbocycles. The number of carbonyl (C=O) groups is 2. The number of aromatic nitrogens is 1. The fourth-order valence-corrected chi connectivity index (χ4v) is 4.36. The average Bonchev–Trinajstić information content (AvgIpc) is 2.91. The Balaban J connectivity index is 1.63. The van der Waals surface area contributed by atoms with E-state index < -0.39 is 34.5 Å². The number of benzene rings is 2. The first-order valence-corrected chi connectivity index (χ1v) is 12.7. The molecule has 0 aliphatic rings. The zero-order valence-electron chi connectivity index (χ0n) is 21.3. The Morgan fingerprint density at radius 3 is 2.63 bits per heavy atom. The molecular weight excluding hydrogens is 514 g/mol. The summed E-state index contributed by atoms with van der Waals surface area (Å²) in [5.74, 6) is -1.69. The van der Waals surface area contributed by atoms with E-state index in [-0.39, 0.29) is 25.3 Å². The number of nitrogens with one attached hydrogen (secondary N) is 2. The second-order valence-corrected chi connectivity index (χ2v) is 9.75. The van der Waals surface area contributed by atoms with Crippen LogP contribution in [-0.4, -0.2) is 58.2 Å². The molecule has 0 saturated carbocycles. The molecule has 0 aliphatic carbocycles. The summed E-state index contributed by atoms with van der Waals surface area (Å²) in [6.45, 7) is 1.43. The number of thiol groups is 1. The number of nitrogens with zero attached hydrogens (tertiary/aromatic N) is 2. The zero-order chi connectivity index (χ0) is 27.7. The molecule has 0 spiro atoms. The highest BCUT2D eigenvalue weighted by Crippen LogP contribution is 2.29. The molecule has 8 nitrogen and oxygen atoms in total. The SMILES string of the molecule is CN(C(=O)NCc1cccc(F)c1F)[C@](C)(CCCCO)C(S)COC(=O)Nc1cc2ccccc2cn1. The van der Waals surface area contributed by atoms with Gasteiger partial charge in [0, 0.05) is 37.3 Å². The largest absolute Gasteiger partial charge is 0.448 e. The minimum atomic E-state index is -1.02. The highest BCUT2D eigenvalue weighted by Gasteiger charge is 2.39. The predicted octanol–water partition coefficient (Wildman–Crippen LogP) is 5.12. The van der Waals surface area contributed by atoms with E-state index in [9.17, 15) is 23.5 Å². The number of unbranched alkanes of at least 4 members (excludes halogenated alkanes) is 1. The van der Waals surface area contributed by atoms with Gasteiger partial charge in [0.25, 0.3) is 0 Å². The molecule has 1 heterocycles. The number of urea groups is 1. The van der Waals surface area contributed by atoms with Gasteiger partial charge in [-0.3, -0.25) is 5.32 Å². The van der Waals surface area contributed by atoms with E-state index >= 15 is 0 Å². The van der Waals surface area contributed by atoms with Crippen LogP contribution < -0.4 is 10.6 Å². The van der Waals surface area contributed by atoms with Gasteiger partial charge in [-0.15, -0.1) is 0 Å². The number of ether oxygens (including phenoxy) is 1. The maximum atomic E-state index is 14.0. The molecule has 11 heteroatoms. The molecule has 3 amide bonds. The predicted molar refractivity (Wildman–Crippen MR) is 145 cm³/mol. The van der Waals surface area contributed by atoms with Crippen molar-refractivity contribution in [2.24, 2.45) is 0 Å². The molecule has 204 valence electrons. The number of rotatable bonds is 11. The number of aliphatic hydroxyl groups is 1. The van der Waals surface area contributed by atoms with Crippen LogP contribution in [0.2, 0.25) is 0 Å². The van der Waals surface area contributed by atoms with E-state index in [2.05, 4.69) is 28.2 Å². The van der Waals surface area contributed by atoms with Crippen molar-refractivity contribution in [2.75, 3.05) is 25.6 Å². The normalized spacial score (nSPS) is 13.4. The number of aliphatic hydroxyl groups excluding tert-OH is 1. The average molecular weight is 547 g/mol. The van der Waals surface area contributed by atoms with Gasteiger partial charge in [-0.2, -0.15) is 12.6 Å². The molecule has 0 radical (unpaired) electrons. The van der Waals surface area contributed by atoms with Crippen LogP contribution >= 0.6 is 12.6 Å². The van der Waals surface area contributed by atoms with E-state index in [0.29, 0.717) is 25.1 Å². The summed E-state index contributed by atoms with van der Waals surface area (Å²) >= 11 is 4.65. The van der Waals surface area contributed by atoms with Crippen LogP contribution in [0.5, 0.6) is 0 Å². The summed E-state index contributed by atoms with van der Waals surface area (Å²) in [4.78, 5) is 31.1. The van der Waals surface area contributed by atoms with Crippen LogP contribution in [0.4, 0.5) is 24.2 Å². The third-order valence-corrected chi connectivity index (χ3v) is 7.28. The zero-order valence-corrected chi connectivity index (χ0v) is 22.2. The van der Waals surface area contributed by atoms with Crippen molar-refractivity contribution >= 4 is 41.3 Å². The maximum absolute atomic E-state index is 14.0. The van der Waals surface area contributed by atoms with Gasteiger partial charge in [-0.25, -0.2) is 23.4 Å². The minimum absolute atomic E-state index is 0.0125. The van der Waals surface area contributed by atoms with Crippen LogP contribution in [0.25, 0.3) is 10.8 Å². The topological polar surface area (TPSA) is 104 Å². The molecule has 1 aromatic heterocycles. The first-order valence-electron chi connectivity index (χ1n) is 12.2. The summed E-state index contributed by atoms with van der Waals surface area (Å²) < 4.78 is 32.9. The van der Waals surface area contributed by atoms with Gasteiger partial charge in [-0.1, -0.05) is 36.4 Å². The Hall–Kier alpha value is -3.44. The van der Waals surface area contributed by atoms with Gasteiger partial charge >= 0.3 is 12.1 Å². The molecule has 0 saturated heterocycles. The lowest BCUT2D eigenvalue weighted by Gasteiger charge is -2.43. The Kier molecular flexibility index (Phi) is 10.3. The first-order chi connectivity index (χ1) is 18.2. The highest BCUT2D eigenvalue weighted by molar-refractivity contribution is 7.81. The summed E-state index contributed by atoms with van der Waals surface area (Å²) in [5, 5.41) is 15.7. The van der Waals surface area contributed by atoms with E-state index in [1.165, 1.54) is 17.0 Å². The van der Waals surface area contributed by atoms with Crippen LogP contribution in [0.1, 0.15) is 31.7 Å². The van der Waals surface area contributed by atoms with Gasteiger partial charge in [0.15, 0.2) is 11.6 Å². The van der Waals surface area contributed by atoms with E-state index in [1.54, 1.807) is 26.2 Å². The Morgan fingerprint density at radius 1 is 1.16 bits per heavy atom. The number of halogens is 2. The van der Waals surface area contributed by atoms with E-state index in [1.807, 2.05) is 24.3 Å². The van der Waals surface area contributed by atoms with E-state index in [0.717, 1.165) is 16.8 Å². The van der Waals surface area contributed by atoms with Crippen molar-refractivity contribution in [3.8, 4) is 0 Å². The summed E-state index contributed by atoms with van der Waals surface area (Å²) in [5.41, 5.74) is -0.900. The molecule has 38 heavy (non-hydrogen) atoms. The number of carbonyl (C=O) groups excluding carboxylic acids is 2. The third-order valence-electron chi connectivity index (χ3n) is 6.57. The lowest BCUT2D eigenvalue weighted by molar-refractivity contribution is 0.101. The minimum Gasteiger partial charge on any atom is -0.448 e. The fraction of sp³-hybridized carbons (Fsp3) is 0.370. The Bertz CT molecular complexity index is 1260. The van der Waals surface area contributed by atoms with E-state index in [4.69, 9.17) is 4.74 Å². The number of hydrogen-bond acceptors (Lipinski definition) is 6. The molecule has 0 bridgehead atoms. The summed E-state index contributed by atoms with van der Waals surface area (Å²) in [6, 6.07) is 12.5. The van der Waals surface area contributed by atoms with Crippen molar-refractivity contribution in [3.05, 3.63) is 71.9 Å². The van der Waals surface area contributed by atoms with Crippen LogP contribution in [0.15, 0.2) is 54.7 Å². The van der Waals surface area contributed by atoms with Gasteiger partial charge in [0.1, 0.15) is 12.4 Å². The van der Waals surface area contributed by atoms with Gasteiger partial charge in [0.05, 0.1) is 10.8 Å². The molecule has 3 rings (SSSR count). The van der Waals surface area contributed by atoms with Crippen molar-refractivity contribution in [2.45, 2.75) is 43.5 Å². The second kappa shape index (κ2) is 13.4. The highest BCUT2D eigenvalue weighted by atomic mass is 32.1. The van der Waals surface area contributed by atoms with Gasteiger partial charge in [0.2, 0.25) is 0 Å². The molecule has 0 fully saturated rings. The Morgan fingerprint density at radius 2 is 1.89 bits per heavy atom. The first kappa shape index (κ1) is 29.1. The summed E-state index contributed by atoms with van der Waals surface area (Å²) in [6.07, 6.45) is 2.45. The second-order valence-electron chi connectivity index (χ2n) is 9.12. The molecule has 1 unspecified atom stereocenters. The van der Waals surface area contributed by atoms with Crippen LogP contribution in [0, 0.1) is 11.6 Å². The van der Waals surface area contributed by atoms with Crippen LogP contribution in [-0.2, 0) is 11.3 Å². The van der Waals surface area contributed by atoms with Crippen molar-refractivity contribution in [1.82, 2.24) is 15.2 Å². The standard InChI is InChI=1S/C27H32F2N4O4S/c1-27(12-5-6-13-34,33(2)25(35)31-16-20-10-7-11-21(28)24(20)29)22(38)17-37-26(36)32-23-14-18-8-3-4-9-19(18)15-30-23/h3-4,7-11,14-15,22,34,38H,5-6,12-13,16-17H2,1-2H3,(H,31,35)(H,30,32,36)/t22?,27-/m1/s1. The number of pyridine rings is 1. The number of anilines is 1. The molecular formula is C27H32F2N4O4S. The smallest absolute Gasteiger partial charge is 0.412 e. The molecule has 3 N–H and O–H groups in total. The fourth-order valence-electron chi connectivity index (χ4n) is 3.99. The monoisotopic (exact) mass is 546 g/mol. The number of amides is 3. The lowest BCUT2D eigenvalue weighted by atomic mass is 9.89. The number of hydrogen-bond donors (Lipinski definition) is 4. The van der Waals surface area contributed by atoms with Gasteiger partial charge in [-0.05, 0) is 43.7 Å². The number of fused-ring (bicyclic) bond motifs is 1. The third kappa shape index (κ3) is 7.32. The lowest BCUT2D eigenvalue weighted by Crippen LogP contribution is -2.57. The molecule has 3 aromatic rings.